The number of rotatable bonds is 1. The number of hydrogen-bond donors (Lipinski definition) is 0. The predicted molar refractivity (Wildman–Crippen MR) is 41.1 cm³/mol. The zero-order chi connectivity index (χ0) is 8.39. The van der Waals surface area contributed by atoms with Crippen LogP contribution in [0.1, 0.15) is 5.76 Å². The Kier molecular flexibility index (Phi) is 1.49. The predicted octanol–water partition coefficient (Wildman–Crippen LogP) is 1.29. The standard InChI is InChI=1S/C8H5N3O/c9-2-1-7-3-6-4-10-5-11-8(6)12-7/h3-5H,1H2. The summed E-state index contributed by atoms with van der Waals surface area (Å²) in [6.45, 7) is 0. The van der Waals surface area contributed by atoms with E-state index < -0.39 is 0 Å². The van der Waals surface area contributed by atoms with Crippen LogP contribution in [0.3, 0.4) is 0 Å². The SMILES string of the molecule is N#CCc1cc2cncnc2o1. The van der Waals surface area contributed by atoms with Gasteiger partial charge in [0.2, 0.25) is 5.71 Å². The lowest BCUT2D eigenvalue weighted by atomic mass is 10.3. The maximum Gasteiger partial charge on any atom is 0.229 e. The van der Waals surface area contributed by atoms with Crippen LogP contribution in [-0.2, 0) is 6.42 Å². The van der Waals surface area contributed by atoms with E-state index in [0.717, 1.165) is 5.39 Å². The molecule has 2 rings (SSSR count). The Morgan fingerprint density at radius 3 is 3.25 bits per heavy atom. The van der Waals surface area contributed by atoms with Gasteiger partial charge in [0.1, 0.15) is 12.1 Å². The van der Waals surface area contributed by atoms with E-state index in [1.165, 1.54) is 6.33 Å². The molecule has 0 saturated heterocycles. The van der Waals surface area contributed by atoms with E-state index in [0.29, 0.717) is 11.5 Å². The van der Waals surface area contributed by atoms with Gasteiger partial charge in [0, 0.05) is 6.20 Å². The van der Waals surface area contributed by atoms with E-state index in [1.807, 2.05) is 6.07 Å². The average molecular weight is 159 g/mol. The largest absolute Gasteiger partial charge is 0.442 e. The van der Waals surface area contributed by atoms with Crippen molar-refractivity contribution in [2.75, 3.05) is 0 Å². The molecular weight excluding hydrogens is 154 g/mol. The molecule has 0 aliphatic heterocycles. The van der Waals surface area contributed by atoms with Gasteiger partial charge in [0.15, 0.2) is 0 Å². The van der Waals surface area contributed by atoms with E-state index in [1.54, 1.807) is 12.3 Å². The summed E-state index contributed by atoms with van der Waals surface area (Å²) in [4.78, 5) is 7.73. The number of hydrogen-bond acceptors (Lipinski definition) is 4. The summed E-state index contributed by atoms with van der Waals surface area (Å²) in [5.41, 5.74) is 0.537. The van der Waals surface area contributed by atoms with Crippen LogP contribution in [0.15, 0.2) is 23.0 Å². The molecule has 58 valence electrons. The van der Waals surface area contributed by atoms with Gasteiger partial charge in [-0.2, -0.15) is 5.26 Å². The normalized spacial score (nSPS) is 9.92. The van der Waals surface area contributed by atoms with Gasteiger partial charge in [-0.25, -0.2) is 9.97 Å². The van der Waals surface area contributed by atoms with Gasteiger partial charge in [0.25, 0.3) is 0 Å². The molecule has 0 N–H and O–H groups in total. The average Bonchev–Trinajstić information content (AvgIpc) is 2.47. The van der Waals surface area contributed by atoms with Crippen LogP contribution in [0.5, 0.6) is 0 Å². The highest BCUT2D eigenvalue weighted by Crippen LogP contribution is 2.15. The lowest BCUT2D eigenvalue weighted by Crippen LogP contribution is -1.73. The maximum absolute atomic E-state index is 8.40. The van der Waals surface area contributed by atoms with E-state index in [4.69, 9.17) is 9.68 Å². The summed E-state index contributed by atoms with van der Waals surface area (Å²) in [5.74, 6) is 0.632. The topological polar surface area (TPSA) is 62.7 Å². The summed E-state index contributed by atoms with van der Waals surface area (Å²) < 4.78 is 5.23. The van der Waals surface area contributed by atoms with Gasteiger partial charge in [0.05, 0.1) is 17.9 Å². The molecule has 2 aromatic rings. The van der Waals surface area contributed by atoms with Crippen molar-refractivity contribution in [3.63, 3.8) is 0 Å². The Labute approximate surface area is 68.5 Å². The molecular formula is C8H5N3O. The first-order chi connectivity index (χ1) is 5.90. The fourth-order valence-corrected chi connectivity index (χ4v) is 1.01. The molecule has 0 atom stereocenters. The molecule has 0 amide bonds. The molecule has 0 fully saturated rings. The van der Waals surface area contributed by atoms with Crippen LogP contribution in [0.2, 0.25) is 0 Å². The summed E-state index contributed by atoms with van der Waals surface area (Å²) in [6, 6.07) is 3.78. The Bertz CT molecular complexity index is 408. The maximum atomic E-state index is 8.40. The van der Waals surface area contributed by atoms with Crippen molar-refractivity contribution in [1.82, 2.24) is 9.97 Å². The first-order valence-corrected chi connectivity index (χ1v) is 3.45. The van der Waals surface area contributed by atoms with Crippen LogP contribution >= 0.6 is 0 Å². The van der Waals surface area contributed by atoms with Crippen molar-refractivity contribution in [2.24, 2.45) is 0 Å². The smallest absolute Gasteiger partial charge is 0.229 e. The second-order valence-electron chi connectivity index (χ2n) is 2.33. The fraction of sp³-hybridized carbons (Fsp3) is 0.125. The third-order valence-corrected chi connectivity index (χ3v) is 1.50. The van der Waals surface area contributed by atoms with Gasteiger partial charge in [-0.05, 0) is 6.07 Å². The van der Waals surface area contributed by atoms with E-state index in [-0.39, 0.29) is 6.42 Å². The van der Waals surface area contributed by atoms with Gasteiger partial charge in [-0.3, -0.25) is 0 Å². The molecule has 12 heavy (non-hydrogen) atoms. The molecule has 4 heteroatoms. The molecule has 0 aromatic carbocycles. The van der Waals surface area contributed by atoms with Gasteiger partial charge in [-0.15, -0.1) is 0 Å². The quantitative estimate of drug-likeness (QED) is 0.628. The highest BCUT2D eigenvalue weighted by molar-refractivity contribution is 5.72. The molecule has 0 saturated carbocycles. The number of furan rings is 1. The minimum Gasteiger partial charge on any atom is -0.442 e. The molecule has 0 aliphatic rings. The monoisotopic (exact) mass is 159 g/mol. The summed E-state index contributed by atoms with van der Waals surface area (Å²) in [5, 5.41) is 9.23. The number of nitriles is 1. The van der Waals surface area contributed by atoms with E-state index in [2.05, 4.69) is 9.97 Å². The molecule has 2 aromatic heterocycles. The van der Waals surface area contributed by atoms with Crippen molar-refractivity contribution in [3.05, 3.63) is 24.4 Å². The molecule has 0 unspecified atom stereocenters. The van der Waals surface area contributed by atoms with Crippen LogP contribution < -0.4 is 0 Å². The number of aromatic nitrogens is 2. The minimum atomic E-state index is 0.274. The highest BCUT2D eigenvalue weighted by atomic mass is 16.3. The number of nitrogens with zero attached hydrogens (tertiary/aromatic N) is 3. The molecule has 0 spiro atoms. The lowest BCUT2D eigenvalue weighted by Gasteiger charge is -1.81. The van der Waals surface area contributed by atoms with E-state index in [9.17, 15) is 0 Å². The zero-order valence-electron chi connectivity index (χ0n) is 6.19. The molecule has 0 aliphatic carbocycles. The Hall–Kier alpha value is -1.89. The Balaban J connectivity index is 2.56. The van der Waals surface area contributed by atoms with Crippen molar-refractivity contribution in [3.8, 4) is 6.07 Å². The van der Waals surface area contributed by atoms with Crippen LogP contribution in [0, 0.1) is 11.3 Å². The van der Waals surface area contributed by atoms with Crippen molar-refractivity contribution < 1.29 is 4.42 Å². The van der Waals surface area contributed by atoms with Crippen molar-refractivity contribution in [2.45, 2.75) is 6.42 Å². The Morgan fingerprint density at radius 1 is 1.58 bits per heavy atom. The van der Waals surface area contributed by atoms with Crippen molar-refractivity contribution in [1.29, 1.82) is 5.26 Å². The highest BCUT2D eigenvalue weighted by Gasteiger charge is 2.02. The van der Waals surface area contributed by atoms with Crippen LogP contribution in [0.4, 0.5) is 0 Å². The Morgan fingerprint density at radius 2 is 2.50 bits per heavy atom. The third kappa shape index (κ3) is 1.01. The van der Waals surface area contributed by atoms with Gasteiger partial charge in [-0.1, -0.05) is 0 Å². The van der Waals surface area contributed by atoms with Crippen LogP contribution in [0.25, 0.3) is 11.1 Å². The number of fused-ring (bicyclic) bond motifs is 1. The molecule has 4 nitrogen and oxygen atoms in total. The van der Waals surface area contributed by atoms with Gasteiger partial charge >= 0.3 is 0 Å². The summed E-state index contributed by atoms with van der Waals surface area (Å²) >= 11 is 0. The summed E-state index contributed by atoms with van der Waals surface area (Å²) in [6.07, 6.45) is 3.35. The summed E-state index contributed by atoms with van der Waals surface area (Å²) in [7, 11) is 0. The second kappa shape index (κ2) is 2.62. The molecule has 2 heterocycles. The zero-order valence-corrected chi connectivity index (χ0v) is 6.19. The lowest BCUT2D eigenvalue weighted by molar-refractivity contribution is 0.556. The second-order valence-corrected chi connectivity index (χ2v) is 2.33. The third-order valence-electron chi connectivity index (χ3n) is 1.50. The first kappa shape index (κ1) is 6.80. The molecule has 0 radical (unpaired) electrons. The molecule has 0 bridgehead atoms. The van der Waals surface area contributed by atoms with E-state index >= 15 is 0 Å². The van der Waals surface area contributed by atoms with Crippen molar-refractivity contribution >= 4 is 11.1 Å². The fourth-order valence-electron chi connectivity index (χ4n) is 1.01. The van der Waals surface area contributed by atoms with Crippen LogP contribution in [-0.4, -0.2) is 9.97 Å². The first-order valence-electron chi connectivity index (χ1n) is 3.45. The van der Waals surface area contributed by atoms with Gasteiger partial charge < -0.3 is 4.42 Å². The minimum absolute atomic E-state index is 0.274.